The molecule has 0 aromatic carbocycles. The van der Waals surface area contributed by atoms with E-state index in [0.29, 0.717) is 16.7 Å². The van der Waals surface area contributed by atoms with Crippen molar-refractivity contribution in [2.75, 3.05) is 18.5 Å². The molecule has 0 unspecified atom stereocenters. The van der Waals surface area contributed by atoms with Crippen LogP contribution in [-0.4, -0.2) is 29.2 Å². The summed E-state index contributed by atoms with van der Waals surface area (Å²) in [7, 11) is 0. The van der Waals surface area contributed by atoms with Crippen LogP contribution >= 0.6 is 15.9 Å². The summed E-state index contributed by atoms with van der Waals surface area (Å²) < 4.78 is 5.86. The number of rotatable bonds is 4. The molecule has 6 nitrogen and oxygen atoms in total. The first-order valence-electron chi connectivity index (χ1n) is 4.83. The highest BCUT2D eigenvalue weighted by Crippen LogP contribution is 2.30. The number of nitro groups is 1. The Hall–Kier alpha value is -1.21. The number of anilines is 1. The molecule has 1 atom stereocenters. The Labute approximate surface area is 100 Å². The zero-order valence-corrected chi connectivity index (χ0v) is 9.94. The van der Waals surface area contributed by atoms with Gasteiger partial charge in [-0.15, -0.1) is 0 Å². The molecule has 1 aromatic rings. The quantitative estimate of drug-likeness (QED) is 0.677. The van der Waals surface area contributed by atoms with Gasteiger partial charge in [-0.25, -0.2) is 0 Å². The number of aromatic nitrogens is 1. The van der Waals surface area contributed by atoms with E-state index in [1.165, 1.54) is 6.20 Å². The van der Waals surface area contributed by atoms with Crippen LogP contribution in [0.4, 0.5) is 11.5 Å². The van der Waals surface area contributed by atoms with Crippen molar-refractivity contribution < 1.29 is 9.66 Å². The molecule has 1 saturated heterocycles. The Morgan fingerprint density at radius 2 is 2.50 bits per heavy atom. The molecule has 1 aliphatic rings. The summed E-state index contributed by atoms with van der Waals surface area (Å²) >= 11 is 3.26. The van der Waals surface area contributed by atoms with Crippen molar-refractivity contribution in [3.63, 3.8) is 0 Å². The van der Waals surface area contributed by atoms with Crippen LogP contribution in [0.2, 0.25) is 0 Å². The molecule has 1 aromatic heterocycles. The molecule has 16 heavy (non-hydrogen) atoms. The van der Waals surface area contributed by atoms with Gasteiger partial charge in [0.05, 0.1) is 10.6 Å². The predicted molar refractivity (Wildman–Crippen MR) is 61.4 cm³/mol. The number of hydrogen-bond donors (Lipinski definition) is 1. The zero-order valence-electron chi connectivity index (χ0n) is 8.35. The van der Waals surface area contributed by atoms with Crippen molar-refractivity contribution in [3.8, 4) is 0 Å². The number of halogens is 1. The summed E-state index contributed by atoms with van der Waals surface area (Å²) in [5, 5.41) is 13.7. The van der Waals surface area contributed by atoms with E-state index in [1.54, 1.807) is 6.07 Å². The summed E-state index contributed by atoms with van der Waals surface area (Å²) in [6, 6.07) is 1.66. The largest absolute Gasteiger partial charge is 0.388 e. The average Bonchev–Trinajstić information content (AvgIpc) is 2.17. The first kappa shape index (κ1) is 11.3. The highest BCUT2D eigenvalue weighted by Gasteiger charge is 2.22. The predicted octanol–water partition coefficient (Wildman–Crippen LogP) is 1.95. The van der Waals surface area contributed by atoms with Crippen LogP contribution in [-0.2, 0) is 4.74 Å². The minimum absolute atomic E-state index is 0.145. The highest BCUT2D eigenvalue weighted by atomic mass is 79.9. The molecule has 1 N–H and O–H groups in total. The molecule has 7 heteroatoms. The van der Waals surface area contributed by atoms with Gasteiger partial charge in [-0.3, -0.25) is 0 Å². The Morgan fingerprint density at radius 3 is 3.06 bits per heavy atom. The maximum absolute atomic E-state index is 10.8. The van der Waals surface area contributed by atoms with Gasteiger partial charge in [0, 0.05) is 13.2 Å². The summed E-state index contributed by atoms with van der Waals surface area (Å²) in [5.74, 6) is -0.173. The first-order valence-corrected chi connectivity index (χ1v) is 5.62. The molecule has 2 heterocycles. The molecule has 0 aliphatic carbocycles. The minimum Gasteiger partial charge on any atom is -0.376 e. The molecular formula is C9H10BrN3O3. The Morgan fingerprint density at radius 1 is 1.75 bits per heavy atom. The third-order valence-electron chi connectivity index (χ3n) is 2.35. The second kappa shape index (κ2) is 4.75. The normalized spacial score (nSPS) is 18.9. The lowest BCUT2D eigenvalue weighted by molar-refractivity contribution is -0.388. The number of pyridine rings is 1. The number of ether oxygens (including phenoxy) is 1. The molecule has 0 radical (unpaired) electrons. The zero-order chi connectivity index (χ0) is 11.5. The van der Waals surface area contributed by atoms with Gasteiger partial charge < -0.3 is 20.2 Å². The summed E-state index contributed by atoms with van der Waals surface area (Å²) in [6.07, 6.45) is 2.53. The molecule has 0 amide bonds. The van der Waals surface area contributed by atoms with Gasteiger partial charge >= 0.3 is 5.82 Å². The van der Waals surface area contributed by atoms with Crippen LogP contribution in [0, 0.1) is 10.1 Å². The fourth-order valence-electron chi connectivity index (χ4n) is 1.39. The van der Waals surface area contributed by atoms with E-state index in [9.17, 15) is 10.1 Å². The SMILES string of the molecule is O=[N+]([O-])c1nccc(Br)c1NC[C@@H]1CCO1. The van der Waals surface area contributed by atoms with Gasteiger partial charge in [0.25, 0.3) is 0 Å². The van der Waals surface area contributed by atoms with Crippen molar-refractivity contribution in [3.05, 3.63) is 26.9 Å². The van der Waals surface area contributed by atoms with E-state index in [0.717, 1.165) is 13.0 Å². The topological polar surface area (TPSA) is 77.3 Å². The Balaban J connectivity index is 2.13. The molecular weight excluding hydrogens is 278 g/mol. The molecule has 1 fully saturated rings. The number of hydrogen-bond acceptors (Lipinski definition) is 5. The first-order chi connectivity index (χ1) is 7.68. The van der Waals surface area contributed by atoms with Crippen molar-refractivity contribution in [2.24, 2.45) is 0 Å². The second-order valence-electron chi connectivity index (χ2n) is 3.41. The van der Waals surface area contributed by atoms with Crippen molar-refractivity contribution in [1.82, 2.24) is 4.98 Å². The lowest BCUT2D eigenvalue weighted by atomic mass is 10.2. The van der Waals surface area contributed by atoms with Gasteiger partial charge in [-0.2, -0.15) is 0 Å². The Kier molecular flexibility index (Phi) is 3.35. The average molecular weight is 288 g/mol. The van der Waals surface area contributed by atoms with Gasteiger partial charge in [-0.1, -0.05) is 0 Å². The van der Waals surface area contributed by atoms with Gasteiger partial charge in [-0.05, 0) is 38.3 Å². The molecule has 86 valence electrons. The lowest BCUT2D eigenvalue weighted by Crippen LogP contribution is -2.33. The van der Waals surface area contributed by atoms with Gasteiger partial charge in [0.1, 0.15) is 11.9 Å². The Bertz CT molecular complexity index is 409. The monoisotopic (exact) mass is 287 g/mol. The number of nitrogens with zero attached hydrogens (tertiary/aromatic N) is 2. The third kappa shape index (κ3) is 2.30. The fraction of sp³-hybridized carbons (Fsp3) is 0.444. The maximum Gasteiger partial charge on any atom is 0.388 e. The van der Waals surface area contributed by atoms with E-state index < -0.39 is 4.92 Å². The summed E-state index contributed by atoms with van der Waals surface area (Å²) in [4.78, 5) is 14.0. The van der Waals surface area contributed by atoms with Crippen LogP contribution in [0.25, 0.3) is 0 Å². The molecule has 0 bridgehead atoms. The fourth-order valence-corrected chi connectivity index (χ4v) is 1.83. The van der Waals surface area contributed by atoms with Crippen molar-refractivity contribution in [1.29, 1.82) is 0 Å². The van der Waals surface area contributed by atoms with E-state index in [-0.39, 0.29) is 11.9 Å². The van der Waals surface area contributed by atoms with Crippen molar-refractivity contribution in [2.45, 2.75) is 12.5 Å². The molecule has 1 aliphatic heterocycles. The van der Waals surface area contributed by atoms with Crippen LogP contribution in [0.5, 0.6) is 0 Å². The summed E-state index contributed by atoms with van der Waals surface area (Å²) in [5.41, 5.74) is 0.406. The van der Waals surface area contributed by atoms with Crippen LogP contribution < -0.4 is 5.32 Å². The molecule has 2 rings (SSSR count). The standard InChI is InChI=1S/C9H10BrN3O3/c10-7-1-3-11-9(13(14)15)8(7)12-5-6-2-4-16-6/h1,3,6,12H,2,4-5H2/t6-/m0/s1. The highest BCUT2D eigenvalue weighted by molar-refractivity contribution is 9.10. The van der Waals surface area contributed by atoms with Crippen molar-refractivity contribution >= 4 is 27.4 Å². The molecule has 0 saturated carbocycles. The second-order valence-corrected chi connectivity index (χ2v) is 4.27. The maximum atomic E-state index is 10.8. The van der Waals surface area contributed by atoms with E-state index in [1.807, 2.05) is 0 Å². The van der Waals surface area contributed by atoms with E-state index in [4.69, 9.17) is 4.74 Å². The summed E-state index contributed by atoms with van der Waals surface area (Å²) in [6.45, 7) is 1.33. The van der Waals surface area contributed by atoms with Crippen LogP contribution in [0.15, 0.2) is 16.7 Å². The minimum atomic E-state index is -0.505. The van der Waals surface area contributed by atoms with Crippen LogP contribution in [0.3, 0.4) is 0 Å². The van der Waals surface area contributed by atoms with Gasteiger partial charge in [0.2, 0.25) is 0 Å². The van der Waals surface area contributed by atoms with Gasteiger partial charge in [0.15, 0.2) is 0 Å². The molecule has 0 spiro atoms. The van der Waals surface area contributed by atoms with Crippen LogP contribution in [0.1, 0.15) is 6.42 Å². The third-order valence-corrected chi connectivity index (χ3v) is 3.01. The smallest absolute Gasteiger partial charge is 0.376 e. The number of nitrogens with one attached hydrogen (secondary N) is 1. The van der Waals surface area contributed by atoms with E-state index >= 15 is 0 Å². The van der Waals surface area contributed by atoms with E-state index in [2.05, 4.69) is 26.2 Å². The lowest BCUT2D eigenvalue weighted by Gasteiger charge is -2.26.